The molecule has 0 aliphatic carbocycles. The van der Waals surface area contributed by atoms with Gasteiger partial charge in [0.2, 0.25) is 9.84 Å². The van der Waals surface area contributed by atoms with Gasteiger partial charge < -0.3 is 0 Å². The van der Waals surface area contributed by atoms with Gasteiger partial charge in [-0.2, -0.15) is 4.99 Å². The zero-order valence-corrected chi connectivity index (χ0v) is 9.10. The second kappa shape index (κ2) is 3.60. The Morgan fingerprint density at radius 1 is 1.12 bits per heavy atom. The number of hydrogen-bond acceptors (Lipinski definition) is 4. The fraction of sp³-hybridized carbons (Fsp3) is 0.111. The van der Waals surface area contributed by atoms with Crippen molar-refractivity contribution in [1.82, 2.24) is 0 Å². The molecule has 2 rings (SSSR count). The summed E-state index contributed by atoms with van der Waals surface area (Å²) in [5, 5.41) is 5.74. The second-order valence-corrected chi connectivity index (χ2v) is 4.96. The van der Waals surface area contributed by atoms with Gasteiger partial charge in [0.1, 0.15) is 0 Å². The van der Waals surface area contributed by atoms with E-state index in [-0.39, 0.29) is 4.90 Å². The van der Waals surface area contributed by atoms with Gasteiger partial charge in [-0.25, -0.2) is 13.2 Å². The normalized spacial score (nSPS) is 15.3. The van der Waals surface area contributed by atoms with Crippen molar-refractivity contribution in [2.24, 2.45) is 15.2 Å². The SMILES string of the molecule is Cc1ccccc1S(=O)(=O)C1=NC(=O)N=N1. The van der Waals surface area contributed by atoms with Crippen LogP contribution >= 0.6 is 0 Å². The highest BCUT2D eigenvalue weighted by Gasteiger charge is 2.28. The molecule has 1 aromatic carbocycles. The van der Waals surface area contributed by atoms with Crippen LogP contribution in [-0.4, -0.2) is 19.6 Å². The molecule has 16 heavy (non-hydrogen) atoms. The fourth-order valence-electron chi connectivity index (χ4n) is 1.28. The van der Waals surface area contributed by atoms with E-state index < -0.39 is 21.0 Å². The first-order valence-corrected chi connectivity index (χ1v) is 5.85. The number of sulfone groups is 1. The van der Waals surface area contributed by atoms with Crippen LogP contribution in [0.5, 0.6) is 0 Å². The molecule has 82 valence electrons. The van der Waals surface area contributed by atoms with Gasteiger partial charge in [-0.1, -0.05) is 23.3 Å². The van der Waals surface area contributed by atoms with E-state index in [1.807, 2.05) is 0 Å². The van der Waals surface area contributed by atoms with Crippen LogP contribution in [-0.2, 0) is 9.84 Å². The average molecular weight is 237 g/mol. The summed E-state index contributed by atoms with van der Waals surface area (Å²) >= 11 is 0. The van der Waals surface area contributed by atoms with Gasteiger partial charge in [0.05, 0.1) is 4.90 Å². The Labute approximate surface area is 91.6 Å². The Bertz CT molecular complexity index is 617. The number of carbonyl (C=O) groups excluding carboxylic acids is 1. The number of benzene rings is 1. The van der Waals surface area contributed by atoms with Crippen molar-refractivity contribution >= 4 is 21.0 Å². The van der Waals surface area contributed by atoms with Crippen LogP contribution in [0.3, 0.4) is 0 Å². The molecule has 0 unspecified atom stereocenters. The zero-order valence-electron chi connectivity index (χ0n) is 8.28. The summed E-state index contributed by atoms with van der Waals surface area (Å²) in [5.41, 5.74) is 0.569. The van der Waals surface area contributed by atoms with Crippen molar-refractivity contribution in [3.05, 3.63) is 29.8 Å². The number of amidine groups is 1. The van der Waals surface area contributed by atoms with Crippen LogP contribution in [0.25, 0.3) is 0 Å². The molecule has 1 aromatic rings. The van der Waals surface area contributed by atoms with Crippen LogP contribution < -0.4 is 0 Å². The summed E-state index contributed by atoms with van der Waals surface area (Å²) in [6.07, 6.45) is 0. The first kappa shape index (κ1) is 10.6. The molecular formula is C9H7N3O3S. The highest BCUT2D eigenvalue weighted by Crippen LogP contribution is 2.19. The van der Waals surface area contributed by atoms with Gasteiger partial charge in [0, 0.05) is 0 Å². The Morgan fingerprint density at radius 3 is 2.38 bits per heavy atom. The number of amides is 2. The van der Waals surface area contributed by atoms with E-state index in [1.54, 1.807) is 25.1 Å². The molecule has 0 aromatic heterocycles. The Kier molecular flexibility index (Phi) is 2.39. The maximum atomic E-state index is 12.0. The first-order chi connectivity index (χ1) is 7.51. The highest BCUT2D eigenvalue weighted by molar-refractivity contribution is 8.06. The zero-order chi connectivity index (χ0) is 11.8. The molecule has 7 heteroatoms. The summed E-state index contributed by atoms with van der Waals surface area (Å²) in [7, 11) is -3.83. The lowest BCUT2D eigenvalue weighted by Crippen LogP contribution is -2.12. The monoisotopic (exact) mass is 237 g/mol. The molecule has 0 radical (unpaired) electrons. The number of nitrogens with zero attached hydrogens (tertiary/aromatic N) is 3. The van der Waals surface area contributed by atoms with Crippen molar-refractivity contribution in [2.45, 2.75) is 11.8 Å². The molecule has 0 saturated carbocycles. The third-order valence-corrected chi connectivity index (χ3v) is 3.73. The molecule has 0 spiro atoms. The summed E-state index contributed by atoms with van der Waals surface area (Å²) in [4.78, 5) is 14.0. The lowest BCUT2D eigenvalue weighted by Gasteiger charge is -2.03. The molecule has 6 nitrogen and oxygen atoms in total. The van der Waals surface area contributed by atoms with Gasteiger partial charge in [-0.05, 0) is 18.6 Å². The van der Waals surface area contributed by atoms with E-state index in [9.17, 15) is 13.2 Å². The minimum Gasteiger partial charge on any atom is -0.242 e. The molecule has 1 aliphatic heterocycles. The van der Waals surface area contributed by atoms with Gasteiger partial charge in [-0.15, -0.1) is 5.11 Å². The van der Waals surface area contributed by atoms with Crippen molar-refractivity contribution < 1.29 is 13.2 Å². The number of aryl methyl sites for hydroxylation is 1. The summed E-state index contributed by atoms with van der Waals surface area (Å²) in [6, 6.07) is 5.51. The molecule has 0 fully saturated rings. The number of urea groups is 1. The van der Waals surface area contributed by atoms with E-state index in [0.717, 1.165) is 0 Å². The minimum absolute atomic E-state index is 0.0856. The molecule has 1 aliphatic rings. The molecule has 0 bridgehead atoms. The fourth-order valence-corrected chi connectivity index (χ4v) is 2.58. The minimum atomic E-state index is -3.83. The van der Waals surface area contributed by atoms with Crippen molar-refractivity contribution in [2.75, 3.05) is 0 Å². The Balaban J connectivity index is 2.57. The third-order valence-electron chi connectivity index (χ3n) is 2.04. The Morgan fingerprint density at radius 2 is 1.81 bits per heavy atom. The van der Waals surface area contributed by atoms with Crippen LogP contribution in [0.4, 0.5) is 4.79 Å². The lowest BCUT2D eigenvalue weighted by atomic mass is 10.2. The van der Waals surface area contributed by atoms with Crippen LogP contribution in [0.2, 0.25) is 0 Å². The predicted octanol–water partition coefficient (Wildman–Crippen LogP) is 1.71. The summed E-state index contributed by atoms with van der Waals surface area (Å²) in [6.45, 7) is 1.65. The number of aliphatic imine (C=N–C) groups is 1. The molecule has 1 heterocycles. The van der Waals surface area contributed by atoms with Crippen LogP contribution in [0.15, 0.2) is 44.4 Å². The topological polar surface area (TPSA) is 88.3 Å². The first-order valence-electron chi connectivity index (χ1n) is 4.37. The number of hydrogen-bond donors (Lipinski definition) is 0. The van der Waals surface area contributed by atoms with E-state index in [1.165, 1.54) is 6.07 Å². The summed E-state index contributed by atoms with van der Waals surface area (Å²) < 4.78 is 23.9. The highest BCUT2D eigenvalue weighted by atomic mass is 32.2. The predicted molar refractivity (Wildman–Crippen MR) is 56.1 cm³/mol. The van der Waals surface area contributed by atoms with Crippen molar-refractivity contribution in [3.8, 4) is 0 Å². The van der Waals surface area contributed by atoms with E-state index in [4.69, 9.17) is 0 Å². The van der Waals surface area contributed by atoms with Gasteiger partial charge in [-0.3, -0.25) is 0 Å². The molecular weight excluding hydrogens is 230 g/mol. The number of carbonyl (C=O) groups is 1. The smallest absolute Gasteiger partial charge is 0.242 e. The van der Waals surface area contributed by atoms with Gasteiger partial charge >= 0.3 is 6.03 Å². The third kappa shape index (κ3) is 1.65. The van der Waals surface area contributed by atoms with E-state index in [2.05, 4.69) is 15.2 Å². The molecule has 0 N–H and O–H groups in total. The van der Waals surface area contributed by atoms with Gasteiger partial charge in [0.15, 0.2) is 0 Å². The molecule has 2 amide bonds. The Hall–Kier alpha value is -1.89. The molecule has 0 saturated heterocycles. The maximum absolute atomic E-state index is 12.0. The summed E-state index contributed by atoms with van der Waals surface area (Å²) in [5.74, 6) is 0. The quantitative estimate of drug-likeness (QED) is 0.744. The van der Waals surface area contributed by atoms with Crippen LogP contribution in [0.1, 0.15) is 5.56 Å². The standard InChI is InChI=1S/C9H7N3O3S/c1-6-4-2-3-5-7(6)16(14,15)9-10-8(13)11-12-9/h2-5H,1H3. The van der Waals surface area contributed by atoms with Crippen molar-refractivity contribution in [1.29, 1.82) is 0 Å². The second-order valence-electron chi connectivity index (χ2n) is 3.15. The van der Waals surface area contributed by atoms with E-state index in [0.29, 0.717) is 5.56 Å². The molecule has 0 atom stereocenters. The lowest BCUT2D eigenvalue weighted by molar-refractivity contribution is 0.257. The van der Waals surface area contributed by atoms with Crippen LogP contribution in [0, 0.1) is 6.92 Å². The van der Waals surface area contributed by atoms with Crippen molar-refractivity contribution in [3.63, 3.8) is 0 Å². The average Bonchev–Trinajstić information content (AvgIpc) is 2.66. The van der Waals surface area contributed by atoms with E-state index >= 15 is 0 Å². The largest absolute Gasteiger partial charge is 0.388 e. The maximum Gasteiger partial charge on any atom is 0.388 e. The number of azo groups is 1. The van der Waals surface area contributed by atoms with Gasteiger partial charge in [0.25, 0.3) is 5.17 Å². The number of rotatable bonds is 1.